The van der Waals surface area contributed by atoms with Crippen molar-refractivity contribution in [2.75, 3.05) is 11.1 Å². The molecule has 4 rings (SSSR count). The molecule has 0 saturated carbocycles. The molecule has 2 N–H and O–H groups in total. The number of hydrogen-bond donors (Lipinski definition) is 2. The molecule has 0 aliphatic rings. The Bertz CT molecular complexity index is 1270. The summed E-state index contributed by atoms with van der Waals surface area (Å²) in [5, 5.41) is 11.0. The van der Waals surface area contributed by atoms with Crippen LogP contribution in [0.1, 0.15) is 0 Å². The van der Waals surface area contributed by atoms with Crippen molar-refractivity contribution in [1.82, 2.24) is 15.2 Å². The summed E-state index contributed by atoms with van der Waals surface area (Å²) in [5.74, 6) is -0.160. The van der Waals surface area contributed by atoms with Gasteiger partial charge in [0.25, 0.3) is 5.56 Å². The van der Waals surface area contributed by atoms with Crippen LogP contribution >= 0.6 is 46.3 Å². The van der Waals surface area contributed by atoms with Gasteiger partial charge in [0.1, 0.15) is 4.34 Å². The molecule has 0 radical (unpaired) electrons. The van der Waals surface area contributed by atoms with E-state index in [1.807, 2.05) is 54.6 Å². The molecule has 2 aromatic carbocycles. The topological polar surface area (TPSA) is 87.7 Å². The van der Waals surface area contributed by atoms with E-state index in [1.54, 1.807) is 6.07 Å². The van der Waals surface area contributed by atoms with Crippen LogP contribution in [-0.4, -0.2) is 26.8 Å². The lowest BCUT2D eigenvalue weighted by atomic mass is 10.1. The lowest BCUT2D eigenvalue weighted by Gasteiger charge is -2.07. The molecule has 2 heterocycles. The largest absolute Gasteiger partial charge is 0.325 e. The SMILES string of the molecule is O=C(CSc1nnc(-c2cc(Cl)sc2Cl)c(=O)[nH]1)Nc1ccc(-c2ccccc2)cc1. The lowest BCUT2D eigenvalue weighted by molar-refractivity contribution is -0.113. The Hall–Kier alpha value is -2.65. The number of hydrogen-bond acceptors (Lipinski definition) is 6. The number of benzene rings is 2. The molecule has 0 bridgehead atoms. The molecule has 6 nitrogen and oxygen atoms in total. The molecular weight excluding hydrogens is 475 g/mol. The number of amides is 1. The van der Waals surface area contributed by atoms with Crippen LogP contribution in [0.5, 0.6) is 0 Å². The van der Waals surface area contributed by atoms with Gasteiger partial charge in [-0.2, -0.15) is 0 Å². The van der Waals surface area contributed by atoms with Crippen LogP contribution < -0.4 is 10.9 Å². The molecule has 0 aliphatic carbocycles. The van der Waals surface area contributed by atoms with Crippen molar-refractivity contribution in [3.05, 3.63) is 79.7 Å². The first-order valence-electron chi connectivity index (χ1n) is 9.00. The standard InChI is InChI=1S/C21H14Cl2N4O2S2/c22-16-10-15(19(23)31-16)18-20(29)25-21(27-26-18)30-11-17(28)24-14-8-6-13(7-9-14)12-4-2-1-3-5-12/h1-10H,11H2,(H,24,28)(H,25,27,29). The third kappa shape index (κ3) is 5.34. The normalized spacial score (nSPS) is 10.8. The van der Waals surface area contributed by atoms with Crippen LogP contribution in [0, 0.1) is 0 Å². The maximum atomic E-state index is 12.3. The lowest BCUT2D eigenvalue weighted by Crippen LogP contribution is -2.17. The number of halogens is 2. The Morgan fingerprint density at radius 1 is 1.03 bits per heavy atom. The minimum absolute atomic E-state index is 0.0649. The zero-order valence-corrected chi connectivity index (χ0v) is 18.9. The zero-order valence-electron chi connectivity index (χ0n) is 15.8. The van der Waals surface area contributed by atoms with Gasteiger partial charge in [-0.05, 0) is 29.3 Å². The van der Waals surface area contributed by atoms with Gasteiger partial charge in [-0.15, -0.1) is 21.5 Å². The Kier molecular flexibility index (Phi) is 6.72. The fourth-order valence-electron chi connectivity index (χ4n) is 2.77. The molecule has 31 heavy (non-hydrogen) atoms. The van der Waals surface area contributed by atoms with E-state index in [-0.39, 0.29) is 22.5 Å². The fraction of sp³-hybridized carbons (Fsp3) is 0.0476. The fourth-order valence-corrected chi connectivity index (χ4v) is 4.84. The van der Waals surface area contributed by atoms with Gasteiger partial charge in [-0.1, -0.05) is 77.4 Å². The van der Waals surface area contributed by atoms with E-state index in [0.717, 1.165) is 34.2 Å². The first-order chi connectivity index (χ1) is 15.0. The van der Waals surface area contributed by atoms with E-state index in [4.69, 9.17) is 23.2 Å². The van der Waals surface area contributed by atoms with Gasteiger partial charge in [-0.25, -0.2) is 0 Å². The highest BCUT2D eigenvalue weighted by Gasteiger charge is 2.15. The molecule has 0 spiro atoms. The number of carbonyl (C=O) groups is 1. The molecule has 4 aromatic rings. The predicted octanol–water partition coefficient (Wildman–Crippen LogP) is 5.60. The van der Waals surface area contributed by atoms with Crippen molar-refractivity contribution in [3.63, 3.8) is 0 Å². The van der Waals surface area contributed by atoms with Gasteiger partial charge in [0, 0.05) is 11.3 Å². The Balaban J connectivity index is 1.36. The minimum atomic E-state index is -0.453. The number of anilines is 1. The highest BCUT2D eigenvalue weighted by Crippen LogP contribution is 2.36. The molecule has 0 aliphatic heterocycles. The van der Waals surface area contributed by atoms with Gasteiger partial charge in [0.15, 0.2) is 10.9 Å². The van der Waals surface area contributed by atoms with E-state index < -0.39 is 5.56 Å². The average Bonchev–Trinajstić information content (AvgIpc) is 3.11. The van der Waals surface area contributed by atoms with Crippen molar-refractivity contribution in [2.24, 2.45) is 0 Å². The van der Waals surface area contributed by atoms with Crippen LogP contribution in [-0.2, 0) is 4.79 Å². The summed E-state index contributed by atoms with van der Waals surface area (Å²) in [6.07, 6.45) is 0. The van der Waals surface area contributed by atoms with Gasteiger partial charge in [-0.3, -0.25) is 14.6 Å². The quantitative estimate of drug-likeness (QED) is 0.345. The number of thioether (sulfide) groups is 1. The molecule has 0 atom stereocenters. The van der Waals surface area contributed by atoms with E-state index in [9.17, 15) is 9.59 Å². The summed E-state index contributed by atoms with van der Waals surface area (Å²) in [7, 11) is 0. The second-order valence-corrected chi connectivity index (χ2v) is 9.58. The predicted molar refractivity (Wildman–Crippen MR) is 127 cm³/mol. The van der Waals surface area contributed by atoms with Crippen LogP contribution in [0.4, 0.5) is 5.69 Å². The number of H-pyrrole nitrogens is 1. The third-order valence-corrected chi connectivity index (χ3v) is 6.56. The summed E-state index contributed by atoms with van der Waals surface area (Å²) in [5.41, 5.74) is 2.91. The molecule has 0 fully saturated rings. The van der Waals surface area contributed by atoms with Crippen molar-refractivity contribution in [2.45, 2.75) is 5.16 Å². The molecular formula is C21H14Cl2N4O2S2. The van der Waals surface area contributed by atoms with Gasteiger partial charge in [0.05, 0.1) is 10.1 Å². The smallest absolute Gasteiger partial charge is 0.278 e. The monoisotopic (exact) mass is 488 g/mol. The first-order valence-corrected chi connectivity index (χ1v) is 11.6. The van der Waals surface area contributed by atoms with Crippen molar-refractivity contribution in [3.8, 4) is 22.4 Å². The van der Waals surface area contributed by atoms with Crippen molar-refractivity contribution >= 4 is 57.9 Å². The van der Waals surface area contributed by atoms with E-state index in [0.29, 0.717) is 19.9 Å². The average molecular weight is 489 g/mol. The van der Waals surface area contributed by atoms with Gasteiger partial charge < -0.3 is 5.32 Å². The van der Waals surface area contributed by atoms with Crippen LogP contribution in [0.2, 0.25) is 8.67 Å². The van der Waals surface area contributed by atoms with E-state index in [2.05, 4.69) is 20.5 Å². The van der Waals surface area contributed by atoms with Crippen LogP contribution in [0.3, 0.4) is 0 Å². The molecule has 1 amide bonds. The molecule has 10 heteroatoms. The summed E-state index contributed by atoms with van der Waals surface area (Å²) in [6, 6.07) is 19.1. The zero-order chi connectivity index (χ0) is 21.8. The van der Waals surface area contributed by atoms with Crippen molar-refractivity contribution in [1.29, 1.82) is 0 Å². The summed E-state index contributed by atoms with van der Waals surface area (Å²) < 4.78 is 0.816. The Morgan fingerprint density at radius 2 is 1.74 bits per heavy atom. The maximum absolute atomic E-state index is 12.3. The highest BCUT2D eigenvalue weighted by molar-refractivity contribution is 7.99. The number of aromatic nitrogens is 3. The number of nitrogens with zero attached hydrogens (tertiary/aromatic N) is 2. The molecule has 2 aromatic heterocycles. The van der Waals surface area contributed by atoms with Crippen molar-refractivity contribution < 1.29 is 4.79 Å². The number of nitrogens with one attached hydrogen (secondary N) is 2. The minimum Gasteiger partial charge on any atom is -0.325 e. The van der Waals surface area contributed by atoms with Gasteiger partial charge in [0.2, 0.25) is 5.91 Å². The Morgan fingerprint density at radius 3 is 2.39 bits per heavy atom. The number of aromatic amines is 1. The van der Waals surface area contributed by atoms with E-state index >= 15 is 0 Å². The first kappa shape index (κ1) is 21.6. The third-order valence-electron chi connectivity index (χ3n) is 4.20. The second-order valence-electron chi connectivity index (χ2n) is 6.33. The Labute approximate surface area is 195 Å². The van der Waals surface area contributed by atoms with Gasteiger partial charge >= 0.3 is 0 Å². The number of thiophene rings is 1. The maximum Gasteiger partial charge on any atom is 0.278 e. The van der Waals surface area contributed by atoms with Crippen LogP contribution in [0.25, 0.3) is 22.4 Å². The number of rotatable bonds is 6. The molecule has 0 unspecified atom stereocenters. The van der Waals surface area contributed by atoms with Crippen LogP contribution in [0.15, 0.2) is 70.6 Å². The second kappa shape index (κ2) is 9.65. The molecule has 156 valence electrons. The van der Waals surface area contributed by atoms with E-state index in [1.165, 1.54) is 0 Å². The summed E-state index contributed by atoms with van der Waals surface area (Å²) in [6.45, 7) is 0. The summed E-state index contributed by atoms with van der Waals surface area (Å²) >= 11 is 14.2. The molecule has 0 saturated heterocycles. The summed E-state index contributed by atoms with van der Waals surface area (Å²) in [4.78, 5) is 27.2. The highest BCUT2D eigenvalue weighted by atomic mass is 35.5. The number of carbonyl (C=O) groups excluding carboxylic acids is 1.